The van der Waals surface area contributed by atoms with Crippen LogP contribution in [0.25, 0.3) is 0 Å². The highest BCUT2D eigenvalue weighted by atomic mass is 35.5. The van der Waals surface area contributed by atoms with Gasteiger partial charge in [-0.2, -0.15) is 0 Å². The van der Waals surface area contributed by atoms with E-state index in [1.165, 1.54) is 12.4 Å². The van der Waals surface area contributed by atoms with Crippen LogP contribution in [0.5, 0.6) is 0 Å². The van der Waals surface area contributed by atoms with E-state index in [-0.39, 0.29) is 22.3 Å². The van der Waals surface area contributed by atoms with Gasteiger partial charge in [0.05, 0.1) is 6.61 Å². The summed E-state index contributed by atoms with van der Waals surface area (Å²) in [5.74, 6) is -1.30. The number of hydrogen-bond donors (Lipinski definition) is 2. The monoisotopic (exact) mass is 609 g/mol. The van der Waals surface area contributed by atoms with Crippen molar-refractivity contribution >= 4 is 54.7 Å². The van der Waals surface area contributed by atoms with Crippen molar-refractivity contribution in [3.05, 3.63) is 77.3 Å². The number of ether oxygens (including phenoxy) is 1. The number of anilines is 3. The van der Waals surface area contributed by atoms with Crippen LogP contribution in [0.15, 0.2) is 60.9 Å². The quantitative estimate of drug-likeness (QED) is 0.295. The van der Waals surface area contributed by atoms with E-state index in [1.54, 1.807) is 53.4 Å². The van der Waals surface area contributed by atoms with Crippen LogP contribution >= 0.6 is 11.6 Å². The van der Waals surface area contributed by atoms with E-state index in [0.29, 0.717) is 48.3 Å². The first kappa shape index (κ1) is 31.3. The molecule has 0 aliphatic carbocycles. The molecule has 1 aliphatic rings. The van der Waals surface area contributed by atoms with Crippen molar-refractivity contribution in [2.75, 3.05) is 35.3 Å². The van der Waals surface area contributed by atoms with Crippen molar-refractivity contribution in [2.24, 2.45) is 0 Å². The predicted molar refractivity (Wildman–Crippen MR) is 166 cm³/mol. The van der Waals surface area contributed by atoms with Gasteiger partial charge < -0.3 is 24.7 Å². The summed E-state index contributed by atoms with van der Waals surface area (Å²) >= 11 is 5.90. The number of hydrogen-bond acceptors (Lipinski definition) is 7. The molecule has 1 fully saturated rings. The predicted octanol–water partition coefficient (Wildman–Crippen LogP) is 5.78. The molecule has 1 atom stereocenters. The van der Waals surface area contributed by atoms with Gasteiger partial charge in [-0.15, -0.1) is 18.1 Å². The number of morpholine rings is 1. The summed E-state index contributed by atoms with van der Waals surface area (Å²) in [7, 11) is -1.92. The second-order valence-corrected chi connectivity index (χ2v) is 16.7. The Morgan fingerprint density at radius 3 is 2.02 bits per heavy atom. The van der Waals surface area contributed by atoms with Gasteiger partial charge in [0, 0.05) is 54.1 Å². The summed E-state index contributed by atoms with van der Waals surface area (Å²) < 4.78 is 12.0. The molecule has 3 amide bonds. The van der Waals surface area contributed by atoms with Crippen LogP contribution in [0.4, 0.5) is 17.1 Å². The standard InChI is InChI=1S/C30H36ClN5O5Si/c1-30(2,3)42(4,5)41-18-14-24-29(39)36(17-19-40-24)23-12-10-22(11-13-23)35-28(38)26-25(32-15-16-33-26)27(37)34-21-8-6-20(31)7-9-21/h6-13,15-16,24H,14,17-19H2,1-5H3,(H,34,37)(H,35,38)/q-1. The van der Waals surface area contributed by atoms with E-state index in [4.69, 9.17) is 20.8 Å². The average Bonchev–Trinajstić information content (AvgIpc) is 2.95. The summed E-state index contributed by atoms with van der Waals surface area (Å²) in [4.78, 5) is 48.9. The van der Waals surface area contributed by atoms with Gasteiger partial charge >= 0.3 is 0 Å². The maximum Gasteiger partial charge on any atom is 0.276 e. The minimum absolute atomic E-state index is 0.0894. The second-order valence-electron chi connectivity index (χ2n) is 11.5. The Kier molecular flexibility index (Phi) is 9.77. The smallest absolute Gasteiger partial charge is 0.276 e. The normalized spacial score (nSPS) is 15.8. The zero-order chi connectivity index (χ0) is 30.5. The maximum absolute atomic E-state index is 13.2. The van der Waals surface area contributed by atoms with Crippen LogP contribution in [0.1, 0.15) is 48.2 Å². The molecule has 2 N–H and O–H groups in total. The highest BCUT2D eigenvalue weighted by Crippen LogP contribution is 2.36. The minimum Gasteiger partial charge on any atom is -0.564 e. The molecule has 42 heavy (non-hydrogen) atoms. The topological polar surface area (TPSA) is 123 Å². The lowest BCUT2D eigenvalue weighted by molar-refractivity contribution is -0.134. The molecule has 4 rings (SSSR count). The number of nitrogens with one attached hydrogen (secondary N) is 2. The van der Waals surface area contributed by atoms with Gasteiger partial charge in [0.15, 0.2) is 11.4 Å². The van der Waals surface area contributed by atoms with Gasteiger partial charge in [-0.1, -0.05) is 32.4 Å². The van der Waals surface area contributed by atoms with Gasteiger partial charge in [0.1, 0.15) is 6.10 Å². The Morgan fingerprint density at radius 1 is 0.976 bits per heavy atom. The van der Waals surface area contributed by atoms with E-state index in [2.05, 4.69) is 54.5 Å². The van der Waals surface area contributed by atoms with Gasteiger partial charge in [-0.3, -0.25) is 14.4 Å². The zero-order valence-corrected chi connectivity index (χ0v) is 26.2. The summed E-state index contributed by atoms with van der Waals surface area (Å²) in [5, 5.41) is 6.06. The molecule has 0 radical (unpaired) electrons. The average molecular weight is 610 g/mol. The fourth-order valence-corrected chi connectivity index (χ4v) is 5.24. The molecule has 2 heterocycles. The molecule has 10 nitrogen and oxygen atoms in total. The Balaban J connectivity index is 1.38. The molecule has 12 heteroatoms. The van der Waals surface area contributed by atoms with Crippen LogP contribution in [-0.2, 0) is 14.0 Å². The van der Waals surface area contributed by atoms with Crippen molar-refractivity contribution in [2.45, 2.75) is 51.4 Å². The molecule has 1 saturated heterocycles. The maximum atomic E-state index is 13.2. The van der Waals surface area contributed by atoms with Gasteiger partial charge in [-0.05, 0) is 56.8 Å². The molecular weight excluding hydrogens is 574 g/mol. The number of benzene rings is 2. The first-order valence-corrected chi connectivity index (χ1v) is 17.0. The van der Waals surface area contributed by atoms with Crippen molar-refractivity contribution in [1.29, 1.82) is 0 Å². The molecular formula is C30H36ClN5O5Si-. The highest BCUT2D eigenvalue weighted by Gasteiger charge is 2.31. The van der Waals surface area contributed by atoms with Crippen LogP contribution < -0.4 is 15.5 Å². The Bertz CT molecular complexity index is 1430. The lowest BCUT2D eigenvalue weighted by atomic mass is 10.1. The van der Waals surface area contributed by atoms with Crippen LogP contribution in [-0.4, -0.2) is 61.9 Å². The number of nitrogens with zero attached hydrogens (tertiary/aromatic N) is 3. The molecule has 0 bridgehead atoms. The number of carbonyl (C=O) groups is 3. The fraction of sp³-hybridized carbons (Fsp3) is 0.367. The van der Waals surface area contributed by atoms with Crippen molar-refractivity contribution in [3.63, 3.8) is 0 Å². The van der Waals surface area contributed by atoms with Gasteiger partial charge in [-0.25, -0.2) is 9.97 Å². The third kappa shape index (κ3) is 7.60. The minimum atomic E-state index is -1.92. The van der Waals surface area contributed by atoms with Crippen LogP contribution in [0.2, 0.25) is 23.2 Å². The first-order chi connectivity index (χ1) is 19.9. The molecule has 0 saturated carbocycles. The summed E-state index contributed by atoms with van der Waals surface area (Å²) in [5.41, 5.74) is 1.42. The van der Waals surface area contributed by atoms with E-state index < -0.39 is 26.2 Å². The number of halogens is 1. The summed E-state index contributed by atoms with van der Waals surface area (Å²) in [6.07, 6.45) is 2.60. The lowest BCUT2D eigenvalue weighted by Crippen LogP contribution is -2.49. The Morgan fingerprint density at radius 2 is 1.50 bits per heavy atom. The molecule has 2 aromatic carbocycles. The second kappa shape index (κ2) is 13.1. The zero-order valence-electron chi connectivity index (χ0n) is 24.4. The van der Waals surface area contributed by atoms with Crippen molar-refractivity contribution in [1.82, 2.24) is 9.97 Å². The Hall–Kier alpha value is -3.64. The van der Waals surface area contributed by atoms with Gasteiger partial charge in [0.25, 0.3) is 17.7 Å². The third-order valence-electron chi connectivity index (χ3n) is 7.49. The molecule has 3 aromatic rings. The number of carbonyl (C=O) groups excluding carboxylic acids is 3. The number of rotatable bonds is 9. The lowest BCUT2D eigenvalue weighted by Gasteiger charge is -2.48. The van der Waals surface area contributed by atoms with Crippen LogP contribution in [0, 0.1) is 0 Å². The number of aromatic nitrogens is 2. The van der Waals surface area contributed by atoms with E-state index in [1.807, 2.05) is 0 Å². The summed E-state index contributed by atoms with van der Waals surface area (Å²) in [6.45, 7) is 12.2. The van der Waals surface area contributed by atoms with Gasteiger partial charge in [0.2, 0.25) is 0 Å². The molecule has 1 aliphatic heterocycles. The van der Waals surface area contributed by atoms with E-state index in [9.17, 15) is 14.4 Å². The van der Waals surface area contributed by atoms with E-state index in [0.717, 1.165) is 0 Å². The number of amides is 3. The highest BCUT2D eigenvalue weighted by molar-refractivity contribution is 6.74. The first-order valence-electron chi connectivity index (χ1n) is 13.7. The summed E-state index contributed by atoms with van der Waals surface area (Å²) in [6, 6.07) is 13.5. The van der Waals surface area contributed by atoms with Crippen molar-refractivity contribution in [3.8, 4) is 0 Å². The fourth-order valence-electron chi connectivity index (χ4n) is 4.05. The van der Waals surface area contributed by atoms with Crippen LogP contribution in [0.3, 0.4) is 0 Å². The largest absolute Gasteiger partial charge is 0.564 e. The third-order valence-corrected chi connectivity index (χ3v) is 12.3. The molecule has 223 valence electrons. The van der Waals surface area contributed by atoms with Crippen molar-refractivity contribution < 1.29 is 23.5 Å². The van der Waals surface area contributed by atoms with E-state index >= 15 is 0 Å². The molecule has 1 unspecified atom stereocenters. The SMILES string of the molecule is CC(C)(C)[Si-](C)(C)OCCC1OCCN(c2ccc(NC(=O)c3nccnc3C(=O)Nc3ccc(Cl)cc3)cc2)C1=O. The molecule has 1 aromatic heterocycles. The Labute approximate surface area is 251 Å². The molecule has 0 spiro atoms.